The van der Waals surface area contributed by atoms with E-state index >= 15 is 0 Å². The van der Waals surface area contributed by atoms with Crippen molar-refractivity contribution in [1.29, 1.82) is 0 Å². The molecule has 1 aromatic heterocycles. The molecule has 0 bridgehead atoms. The average molecular weight is 460 g/mol. The van der Waals surface area contributed by atoms with Gasteiger partial charge in [0.15, 0.2) is 0 Å². The number of benzene rings is 2. The maximum atomic E-state index is 12.7. The molecule has 1 amide bonds. The van der Waals surface area contributed by atoms with Gasteiger partial charge in [-0.25, -0.2) is 13.4 Å². The van der Waals surface area contributed by atoms with Gasteiger partial charge in [-0.15, -0.1) is 0 Å². The summed E-state index contributed by atoms with van der Waals surface area (Å²) in [5.41, 5.74) is 1.30. The van der Waals surface area contributed by atoms with Crippen LogP contribution in [-0.4, -0.2) is 49.9 Å². The second kappa shape index (κ2) is 9.56. The quantitative estimate of drug-likeness (QED) is 0.584. The van der Waals surface area contributed by atoms with Crippen molar-refractivity contribution in [2.75, 3.05) is 26.3 Å². The zero-order valence-electron chi connectivity index (χ0n) is 16.6. The number of amides is 1. The zero-order valence-corrected chi connectivity index (χ0v) is 18.2. The standard InChI is InChI=1S/C21H21N3O5S2/c25-20(23-15-16-1-5-18(6-2-16)29-21-22-9-14-30-21)17-3-7-19(8-4-17)31(26,27)24-10-12-28-13-11-24/h1-9,14H,10-13,15H2,(H,23,25). The summed E-state index contributed by atoms with van der Waals surface area (Å²) in [4.78, 5) is 16.7. The fraction of sp³-hybridized carbons (Fsp3) is 0.238. The van der Waals surface area contributed by atoms with Crippen molar-refractivity contribution in [2.45, 2.75) is 11.4 Å². The molecule has 1 aliphatic heterocycles. The van der Waals surface area contributed by atoms with E-state index in [9.17, 15) is 13.2 Å². The molecule has 1 fully saturated rings. The number of carbonyl (C=O) groups excluding carboxylic acids is 1. The number of aromatic nitrogens is 1. The number of rotatable bonds is 7. The number of nitrogens with zero attached hydrogens (tertiary/aromatic N) is 2. The van der Waals surface area contributed by atoms with Gasteiger partial charge in [0.2, 0.25) is 10.0 Å². The summed E-state index contributed by atoms with van der Waals surface area (Å²) < 4.78 is 37.5. The average Bonchev–Trinajstić information content (AvgIpc) is 3.32. The molecule has 0 radical (unpaired) electrons. The van der Waals surface area contributed by atoms with Crippen molar-refractivity contribution in [2.24, 2.45) is 0 Å². The van der Waals surface area contributed by atoms with Gasteiger partial charge in [0.1, 0.15) is 5.75 Å². The summed E-state index contributed by atoms with van der Waals surface area (Å²) in [6, 6.07) is 13.3. The minimum absolute atomic E-state index is 0.168. The second-order valence-electron chi connectivity index (χ2n) is 6.77. The van der Waals surface area contributed by atoms with E-state index in [-0.39, 0.29) is 10.8 Å². The minimum Gasteiger partial charge on any atom is -0.431 e. The Morgan fingerprint density at radius 1 is 1.10 bits per heavy atom. The molecule has 0 spiro atoms. The van der Waals surface area contributed by atoms with Crippen LogP contribution in [0.15, 0.2) is 65.0 Å². The highest BCUT2D eigenvalue weighted by molar-refractivity contribution is 7.89. The summed E-state index contributed by atoms with van der Waals surface area (Å²) in [6.07, 6.45) is 1.68. The first-order valence-corrected chi connectivity index (χ1v) is 12.0. The highest BCUT2D eigenvalue weighted by Gasteiger charge is 2.26. The SMILES string of the molecule is O=C(NCc1ccc(Oc2nccs2)cc1)c1ccc(S(=O)(=O)N2CCOCC2)cc1. The van der Waals surface area contributed by atoms with E-state index < -0.39 is 10.0 Å². The van der Waals surface area contributed by atoms with Gasteiger partial charge in [-0.2, -0.15) is 4.31 Å². The smallest absolute Gasteiger partial charge is 0.278 e. The Hall–Kier alpha value is -2.79. The predicted octanol–water partition coefficient (Wildman–Crippen LogP) is 2.89. The largest absolute Gasteiger partial charge is 0.431 e. The van der Waals surface area contributed by atoms with Crippen LogP contribution in [0.1, 0.15) is 15.9 Å². The van der Waals surface area contributed by atoms with Crippen molar-refractivity contribution < 1.29 is 22.7 Å². The van der Waals surface area contributed by atoms with Crippen LogP contribution in [0, 0.1) is 0 Å². The van der Waals surface area contributed by atoms with Crippen LogP contribution in [0.2, 0.25) is 0 Å². The third-order valence-electron chi connectivity index (χ3n) is 4.72. The molecular weight excluding hydrogens is 438 g/mol. The van der Waals surface area contributed by atoms with Crippen LogP contribution in [0.3, 0.4) is 0 Å². The van der Waals surface area contributed by atoms with Crippen molar-refractivity contribution in [3.63, 3.8) is 0 Å². The fourth-order valence-electron chi connectivity index (χ4n) is 3.04. The van der Waals surface area contributed by atoms with Crippen LogP contribution in [-0.2, 0) is 21.3 Å². The molecule has 2 heterocycles. The van der Waals surface area contributed by atoms with E-state index in [2.05, 4.69) is 10.3 Å². The number of nitrogens with one attached hydrogen (secondary N) is 1. The highest BCUT2D eigenvalue weighted by Crippen LogP contribution is 2.23. The number of hydrogen-bond donors (Lipinski definition) is 1. The lowest BCUT2D eigenvalue weighted by atomic mass is 10.2. The highest BCUT2D eigenvalue weighted by atomic mass is 32.2. The number of morpholine rings is 1. The molecule has 162 valence electrons. The third-order valence-corrected chi connectivity index (χ3v) is 7.28. The Bertz CT molecular complexity index is 1110. The third kappa shape index (κ3) is 5.28. The van der Waals surface area contributed by atoms with Gasteiger partial charge < -0.3 is 14.8 Å². The van der Waals surface area contributed by atoms with E-state index in [1.807, 2.05) is 29.6 Å². The molecular formula is C21H21N3O5S2. The first-order chi connectivity index (χ1) is 15.0. The van der Waals surface area contributed by atoms with E-state index in [1.54, 1.807) is 6.20 Å². The monoisotopic (exact) mass is 459 g/mol. The maximum absolute atomic E-state index is 12.7. The summed E-state index contributed by atoms with van der Waals surface area (Å²) >= 11 is 1.41. The van der Waals surface area contributed by atoms with Crippen molar-refractivity contribution in [3.05, 3.63) is 71.2 Å². The maximum Gasteiger partial charge on any atom is 0.278 e. The normalized spacial score (nSPS) is 14.8. The molecule has 1 N–H and O–H groups in total. The van der Waals surface area contributed by atoms with Gasteiger partial charge in [-0.05, 0) is 42.0 Å². The number of hydrogen-bond acceptors (Lipinski definition) is 7. The summed E-state index contributed by atoms with van der Waals surface area (Å²) in [5.74, 6) is 0.389. The molecule has 0 saturated carbocycles. The lowest BCUT2D eigenvalue weighted by Gasteiger charge is -2.26. The molecule has 0 atom stereocenters. The molecule has 2 aromatic carbocycles. The number of carbonyl (C=O) groups is 1. The Labute approximate surface area is 184 Å². The van der Waals surface area contributed by atoms with Crippen molar-refractivity contribution in [3.8, 4) is 10.9 Å². The fourth-order valence-corrected chi connectivity index (χ4v) is 4.95. The van der Waals surface area contributed by atoms with Gasteiger partial charge >= 0.3 is 0 Å². The van der Waals surface area contributed by atoms with Crippen LogP contribution < -0.4 is 10.1 Å². The number of thiazole rings is 1. The zero-order chi connectivity index (χ0) is 21.7. The van der Waals surface area contributed by atoms with Gasteiger partial charge in [-0.1, -0.05) is 23.5 Å². The predicted molar refractivity (Wildman–Crippen MR) is 116 cm³/mol. The summed E-state index contributed by atoms with van der Waals surface area (Å²) in [7, 11) is -3.58. The molecule has 10 heteroatoms. The van der Waals surface area contributed by atoms with Crippen LogP contribution in [0.5, 0.6) is 10.9 Å². The molecule has 1 aliphatic rings. The van der Waals surface area contributed by atoms with Gasteiger partial charge in [0, 0.05) is 36.8 Å². The van der Waals surface area contributed by atoms with E-state index in [1.165, 1.54) is 39.9 Å². The lowest BCUT2D eigenvalue weighted by Crippen LogP contribution is -2.40. The minimum atomic E-state index is -3.58. The van der Waals surface area contributed by atoms with Crippen LogP contribution in [0.4, 0.5) is 0 Å². The lowest BCUT2D eigenvalue weighted by molar-refractivity contribution is 0.0730. The van der Waals surface area contributed by atoms with Gasteiger partial charge in [-0.3, -0.25) is 4.79 Å². The van der Waals surface area contributed by atoms with Gasteiger partial charge in [0.25, 0.3) is 11.1 Å². The second-order valence-corrected chi connectivity index (χ2v) is 9.56. The van der Waals surface area contributed by atoms with Gasteiger partial charge in [0.05, 0.1) is 18.1 Å². The molecule has 0 aliphatic carbocycles. The van der Waals surface area contributed by atoms with E-state index in [0.717, 1.165) is 5.56 Å². The Morgan fingerprint density at radius 2 is 1.81 bits per heavy atom. The summed E-state index contributed by atoms with van der Waals surface area (Å²) in [6.45, 7) is 1.77. The van der Waals surface area contributed by atoms with E-state index in [4.69, 9.17) is 9.47 Å². The van der Waals surface area contributed by atoms with Crippen molar-refractivity contribution in [1.82, 2.24) is 14.6 Å². The molecule has 4 rings (SSSR count). The Kier molecular flexibility index (Phi) is 6.62. The number of sulfonamides is 1. The van der Waals surface area contributed by atoms with Crippen LogP contribution in [0.25, 0.3) is 0 Å². The van der Waals surface area contributed by atoms with Crippen LogP contribution >= 0.6 is 11.3 Å². The first-order valence-electron chi connectivity index (χ1n) is 9.65. The molecule has 31 heavy (non-hydrogen) atoms. The Morgan fingerprint density at radius 3 is 2.45 bits per heavy atom. The molecule has 3 aromatic rings. The molecule has 8 nitrogen and oxygen atoms in total. The first kappa shape index (κ1) is 21.4. The number of ether oxygens (including phenoxy) is 2. The van der Waals surface area contributed by atoms with Crippen molar-refractivity contribution >= 4 is 27.3 Å². The molecule has 1 saturated heterocycles. The van der Waals surface area contributed by atoms with E-state index in [0.29, 0.717) is 49.4 Å². The Balaban J connectivity index is 1.33. The topological polar surface area (TPSA) is 97.8 Å². The molecule has 0 unspecified atom stereocenters. The summed E-state index contributed by atoms with van der Waals surface area (Å²) in [5, 5.41) is 5.24.